The lowest BCUT2D eigenvalue weighted by Gasteiger charge is -2.31. The lowest BCUT2D eigenvalue weighted by Crippen LogP contribution is -2.49. The molecule has 0 bridgehead atoms. The topological polar surface area (TPSA) is 96.9 Å². The van der Waals surface area contributed by atoms with Crippen molar-refractivity contribution in [1.29, 1.82) is 0 Å². The van der Waals surface area contributed by atoms with E-state index in [1.807, 2.05) is 54.6 Å². The molecule has 3 aromatic carbocycles. The van der Waals surface area contributed by atoms with Gasteiger partial charge in [-0.15, -0.1) is 0 Å². The first-order chi connectivity index (χ1) is 17.5. The van der Waals surface area contributed by atoms with E-state index in [0.29, 0.717) is 12.3 Å². The average Bonchev–Trinajstić information content (AvgIpc) is 2.89. The van der Waals surface area contributed by atoms with E-state index in [1.54, 1.807) is 12.2 Å². The third kappa shape index (κ3) is 7.00. The van der Waals surface area contributed by atoms with Crippen molar-refractivity contribution < 1.29 is 28.6 Å². The lowest BCUT2D eigenvalue weighted by molar-refractivity contribution is -0.125. The Morgan fingerprint density at radius 3 is 2.42 bits per heavy atom. The molecule has 7 nitrogen and oxygen atoms in total. The van der Waals surface area contributed by atoms with E-state index in [9.17, 15) is 19.1 Å². The Morgan fingerprint density at radius 2 is 1.69 bits per heavy atom. The second kappa shape index (κ2) is 12.1. The molecule has 0 aromatic heterocycles. The Labute approximate surface area is 208 Å². The van der Waals surface area contributed by atoms with Crippen LogP contribution in [0.3, 0.4) is 0 Å². The van der Waals surface area contributed by atoms with Crippen molar-refractivity contribution in [3.8, 4) is 11.5 Å². The van der Waals surface area contributed by atoms with Gasteiger partial charge in [-0.1, -0.05) is 48.6 Å². The molecule has 0 radical (unpaired) electrons. The standard InChI is InChI=1S/C28H27FN2O5/c29-21-6-4-5-20(15-21)28(34)31-25-14-13-24(36-26(25)18-32)16-27(33)30-17-19-9-11-23(12-10-19)35-22-7-2-1-3-8-22/h1-15,24-26,32H,16-18H2,(H,30,33)(H,31,34)/t24-,25+,26-/m1/s1. The van der Waals surface area contributed by atoms with Crippen molar-refractivity contribution in [3.63, 3.8) is 0 Å². The minimum Gasteiger partial charge on any atom is -0.457 e. The quantitative estimate of drug-likeness (QED) is 0.397. The highest BCUT2D eigenvalue weighted by molar-refractivity contribution is 5.94. The predicted molar refractivity (Wildman–Crippen MR) is 132 cm³/mol. The monoisotopic (exact) mass is 490 g/mol. The molecule has 1 heterocycles. The van der Waals surface area contributed by atoms with Gasteiger partial charge in [-0.3, -0.25) is 9.59 Å². The van der Waals surface area contributed by atoms with Crippen LogP contribution in [0, 0.1) is 5.82 Å². The van der Waals surface area contributed by atoms with E-state index in [4.69, 9.17) is 9.47 Å². The summed E-state index contributed by atoms with van der Waals surface area (Å²) in [5.74, 6) is 0.234. The van der Waals surface area contributed by atoms with E-state index >= 15 is 0 Å². The number of para-hydroxylation sites is 1. The van der Waals surface area contributed by atoms with Crippen LogP contribution in [0.25, 0.3) is 0 Å². The van der Waals surface area contributed by atoms with Gasteiger partial charge in [-0.2, -0.15) is 0 Å². The Hall–Kier alpha value is -4.01. The van der Waals surface area contributed by atoms with E-state index in [-0.39, 0.29) is 24.5 Å². The summed E-state index contributed by atoms with van der Waals surface area (Å²) in [6.45, 7) is -0.00934. The number of carbonyl (C=O) groups excluding carboxylic acids is 2. The van der Waals surface area contributed by atoms with Crippen LogP contribution in [0.2, 0.25) is 0 Å². The molecule has 0 aliphatic carbocycles. The largest absolute Gasteiger partial charge is 0.457 e. The Balaban J connectivity index is 1.25. The molecule has 3 aromatic rings. The number of aliphatic hydroxyl groups is 1. The summed E-state index contributed by atoms with van der Waals surface area (Å²) >= 11 is 0. The molecule has 1 aliphatic heterocycles. The molecule has 2 amide bonds. The van der Waals surface area contributed by atoms with Gasteiger partial charge in [0.15, 0.2) is 0 Å². The number of amides is 2. The Bertz CT molecular complexity index is 1200. The molecule has 186 valence electrons. The van der Waals surface area contributed by atoms with Crippen LogP contribution in [0.5, 0.6) is 11.5 Å². The minimum absolute atomic E-state index is 0.0623. The molecule has 4 rings (SSSR count). The second-order valence-electron chi connectivity index (χ2n) is 8.33. The average molecular weight is 491 g/mol. The predicted octanol–water partition coefficient (Wildman–Crippen LogP) is 3.74. The summed E-state index contributed by atoms with van der Waals surface area (Å²) in [7, 11) is 0. The molecule has 0 spiro atoms. The highest BCUT2D eigenvalue weighted by Gasteiger charge is 2.29. The number of hydrogen-bond donors (Lipinski definition) is 3. The van der Waals surface area contributed by atoms with E-state index in [0.717, 1.165) is 17.4 Å². The summed E-state index contributed by atoms with van der Waals surface area (Å²) < 4.78 is 25.0. The zero-order chi connectivity index (χ0) is 25.3. The van der Waals surface area contributed by atoms with Gasteiger partial charge in [0.1, 0.15) is 23.4 Å². The Kier molecular flexibility index (Phi) is 8.44. The molecular weight excluding hydrogens is 463 g/mol. The second-order valence-corrected chi connectivity index (χ2v) is 8.33. The van der Waals surface area contributed by atoms with Gasteiger partial charge in [0, 0.05) is 12.1 Å². The fraction of sp³-hybridized carbons (Fsp3) is 0.214. The molecule has 1 aliphatic rings. The van der Waals surface area contributed by atoms with Crippen molar-refractivity contribution in [1.82, 2.24) is 10.6 Å². The van der Waals surface area contributed by atoms with E-state index < -0.39 is 30.0 Å². The lowest BCUT2D eigenvalue weighted by atomic mass is 10.0. The molecular formula is C28H27FN2O5. The summed E-state index contributed by atoms with van der Waals surface area (Å²) in [6.07, 6.45) is 2.14. The van der Waals surface area contributed by atoms with Crippen LogP contribution in [-0.4, -0.2) is 41.8 Å². The van der Waals surface area contributed by atoms with Gasteiger partial charge < -0.3 is 25.2 Å². The number of aliphatic hydroxyl groups excluding tert-OH is 1. The number of benzene rings is 3. The summed E-state index contributed by atoms with van der Waals surface area (Å²) in [6, 6.07) is 21.6. The normalized spacial score (nSPS) is 18.9. The first-order valence-electron chi connectivity index (χ1n) is 11.6. The SMILES string of the molecule is O=C(C[C@H]1C=C[C@H](NC(=O)c2cccc(F)c2)[C@@H](CO)O1)NCc1ccc(Oc2ccccc2)cc1. The van der Waals surface area contributed by atoms with Crippen LogP contribution in [0.4, 0.5) is 4.39 Å². The molecule has 0 saturated carbocycles. The maximum Gasteiger partial charge on any atom is 0.251 e. The van der Waals surface area contributed by atoms with Crippen molar-refractivity contribution in [2.75, 3.05) is 6.61 Å². The van der Waals surface area contributed by atoms with E-state index in [2.05, 4.69) is 10.6 Å². The maximum atomic E-state index is 13.4. The fourth-order valence-electron chi connectivity index (χ4n) is 3.76. The number of carbonyl (C=O) groups is 2. The summed E-state index contributed by atoms with van der Waals surface area (Å²) in [5, 5.41) is 15.3. The fourth-order valence-corrected chi connectivity index (χ4v) is 3.76. The highest BCUT2D eigenvalue weighted by atomic mass is 19.1. The van der Waals surface area contributed by atoms with Gasteiger partial charge in [0.2, 0.25) is 5.91 Å². The summed E-state index contributed by atoms with van der Waals surface area (Å²) in [5.41, 5.74) is 1.08. The number of halogens is 1. The van der Waals surface area contributed by atoms with Gasteiger partial charge in [-0.05, 0) is 48.0 Å². The van der Waals surface area contributed by atoms with Gasteiger partial charge >= 0.3 is 0 Å². The van der Waals surface area contributed by atoms with Gasteiger partial charge in [0.05, 0.1) is 25.2 Å². The zero-order valence-electron chi connectivity index (χ0n) is 19.5. The molecule has 0 fully saturated rings. The molecule has 8 heteroatoms. The number of ether oxygens (including phenoxy) is 2. The van der Waals surface area contributed by atoms with Crippen molar-refractivity contribution in [2.45, 2.75) is 31.2 Å². The molecule has 0 saturated heterocycles. The smallest absolute Gasteiger partial charge is 0.251 e. The van der Waals surface area contributed by atoms with Crippen LogP contribution >= 0.6 is 0 Å². The molecule has 3 N–H and O–H groups in total. The molecule has 3 atom stereocenters. The van der Waals surface area contributed by atoms with Gasteiger partial charge in [-0.25, -0.2) is 4.39 Å². The molecule has 0 unspecified atom stereocenters. The Morgan fingerprint density at radius 1 is 0.944 bits per heavy atom. The van der Waals surface area contributed by atoms with Crippen LogP contribution < -0.4 is 15.4 Å². The number of hydrogen-bond acceptors (Lipinski definition) is 5. The van der Waals surface area contributed by atoms with E-state index in [1.165, 1.54) is 18.2 Å². The van der Waals surface area contributed by atoms with Gasteiger partial charge in [0.25, 0.3) is 5.91 Å². The zero-order valence-corrected chi connectivity index (χ0v) is 19.5. The van der Waals surface area contributed by atoms with Crippen molar-refractivity contribution in [3.05, 3.63) is 108 Å². The van der Waals surface area contributed by atoms with Crippen molar-refractivity contribution >= 4 is 11.8 Å². The third-order valence-corrected chi connectivity index (χ3v) is 5.63. The first kappa shape index (κ1) is 25.1. The highest BCUT2D eigenvalue weighted by Crippen LogP contribution is 2.21. The minimum atomic E-state index is -0.734. The summed E-state index contributed by atoms with van der Waals surface area (Å²) in [4.78, 5) is 24.8. The number of nitrogens with one attached hydrogen (secondary N) is 2. The first-order valence-corrected chi connectivity index (χ1v) is 11.6. The van der Waals surface area contributed by atoms with Crippen LogP contribution in [-0.2, 0) is 16.1 Å². The van der Waals surface area contributed by atoms with Crippen LogP contribution in [0.15, 0.2) is 91.0 Å². The van der Waals surface area contributed by atoms with Crippen LogP contribution in [0.1, 0.15) is 22.3 Å². The number of rotatable bonds is 9. The van der Waals surface area contributed by atoms with Crippen molar-refractivity contribution in [2.24, 2.45) is 0 Å². The molecule has 36 heavy (non-hydrogen) atoms. The maximum absolute atomic E-state index is 13.4. The third-order valence-electron chi connectivity index (χ3n) is 5.63.